The highest BCUT2D eigenvalue weighted by molar-refractivity contribution is 6.74. The normalized spacial score (nSPS) is 14.7. The van der Waals surface area contributed by atoms with E-state index in [2.05, 4.69) is 75.7 Å². The van der Waals surface area contributed by atoms with Gasteiger partial charge in [0.25, 0.3) is 0 Å². The van der Waals surface area contributed by atoms with Crippen molar-refractivity contribution in [2.24, 2.45) is 11.1 Å². The molecule has 1 aromatic carbocycles. The minimum Gasteiger partial charge on any atom is -0.487 e. The van der Waals surface area contributed by atoms with Crippen LogP contribution in [0.4, 0.5) is 10.6 Å². The molecule has 0 saturated carbocycles. The van der Waals surface area contributed by atoms with Crippen LogP contribution >= 0.6 is 11.6 Å². The molecule has 4 aromatic rings. The Morgan fingerprint density at radius 2 is 1.80 bits per heavy atom. The number of hydrogen-bond donors (Lipinski definition) is 1. The first kappa shape index (κ1) is 38.2. The molecule has 1 unspecified atom stereocenters. The number of amides is 1. The van der Waals surface area contributed by atoms with Crippen molar-refractivity contribution < 1.29 is 23.2 Å². The standard InChI is InChI=1S/C38H51ClN6O5Si/c1-22-32(31-23(2)44-49-24(31)3)42-34(43-35(22)45-20-25-13-12-17-41-29(25)21-45)27-19-26(14-15-28(27)39)48-33(37(4,5)6)30(16-18-47-36(40)46)50-51(10,11)38(7,8)9/h12-15,17,19,30,33H,16,18,20-21H2,1-11H3,(H2,40,46)/t30-,33?/m1/s1. The van der Waals surface area contributed by atoms with E-state index in [0.29, 0.717) is 47.4 Å². The molecule has 2 atom stereocenters. The zero-order valence-electron chi connectivity index (χ0n) is 31.7. The van der Waals surface area contributed by atoms with Gasteiger partial charge in [0.2, 0.25) is 0 Å². The Labute approximate surface area is 307 Å². The van der Waals surface area contributed by atoms with Gasteiger partial charge < -0.3 is 29.1 Å². The van der Waals surface area contributed by atoms with Crippen molar-refractivity contribution in [2.75, 3.05) is 11.5 Å². The molecule has 0 aliphatic carbocycles. The van der Waals surface area contributed by atoms with E-state index in [0.717, 1.165) is 39.6 Å². The number of benzene rings is 1. The molecule has 0 spiro atoms. The van der Waals surface area contributed by atoms with Gasteiger partial charge in [-0.25, -0.2) is 14.8 Å². The Kier molecular flexibility index (Phi) is 10.9. The number of fused-ring (bicyclic) bond motifs is 1. The summed E-state index contributed by atoms with van der Waals surface area (Å²) >= 11 is 6.95. The van der Waals surface area contributed by atoms with Gasteiger partial charge >= 0.3 is 6.09 Å². The molecule has 11 nitrogen and oxygen atoms in total. The lowest BCUT2D eigenvalue weighted by Crippen LogP contribution is -2.52. The smallest absolute Gasteiger partial charge is 0.404 e. The highest BCUT2D eigenvalue weighted by Crippen LogP contribution is 2.42. The van der Waals surface area contributed by atoms with Crippen LogP contribution in [0.1, 0.15) is 76.2 Å². The summed E-state index contributed by atoms with van der Waals surface area (Å²) in [5, 5.41) is 4.64. The van der Waals surface area contributed by atoms with Crippen LogP contribution in [0, 0.1) is 26.2 Å². The van der Waals surface area contributed by atoms with Crippen molar-refractivity contribution >= 4 is 31.8 Å². The van der Waals surface area contributed by atoms with Gasteiger partial charge in [0, 0.05) is 35.7 Å². The number of aryl methyl sites for hydroxylation is 2. The number of pyridine rings is 1. The maximum Gasteiger partial charge on any atom is 0.404 e. The number of rotatable bonds is 11. The van der Waals surface area contributed by atoms with Gasteiger partial charge in [-0.1, -0.05) is 64.4 Å². The van der Waals surface area contributed by atoms with Crippen molar-refractivity contribution in [2.45, 2.75) is 112 Å². The maximum atomic E-state index is 11.5. The second-order valence-electron chi connectivity index (χ2n) is 15.9. The van der Waals surface area contributed by atoms with Gasteiger partial charge in [-0.05, 0) is 68.7 Å². The monoisotopic (exact) mass is 734 g/mol. The van der Waals surface area contributed by atoms with Crippen LogP contribution in [-0.4, -0.2) is 53.3 Å². The van der Waals surface area contributed by atoms with Crippen molar-refractivity contribution in [3.8, 4) is 28.4 Å². The quantitative estimate of drug-likeness (QED) is 0.149. The summed E-state index contributed by atoms with van der Waals surface area (Å²) in [6, 6.07) is 9.59. The molecule has 4 heterocycles. The fraction of sp³-hybridized carbons (Fsp3) is 0.500. The fourth-order valence-corrected chi connectivity index (χ4v) is 7.71. The van der Waals surface area contributed by atoms with Gasteiger partial charge in [0.15, 0.2) is 14.1 Å². The van der Waals surface area contributed by atoms with Crippen LogP contribution in [-0.2, 0) is 22.3 Å². The van der Waals surface area contributed by atoms with Crippen molar-refractivity contribution in [3.63, 3.8) is 0 Å². The van der Waals surface area contributed by atoms with E-state index in [9.17, 15) is 4.79 Å². The summed E-state index contributed by atoms with van der Waals surface area (Å²) in [7, 11) is -2.28. The topological polar surface area (TPSA) is 139 Å². The van der Waals surface area contributed by atoms with E-state index < -0.39 is 26.6 Å². The number of ether oxygens (including phenoxy) is 2. The largest absolute Gasteiger partial charge is 0.487 e. The number of carbonyl (C=O) groups is 1. The van der Waals surface area contributed by atoms with E-state index in [1.54, 1.807) is 6.07 Å². The number of nitrogens with two attached hydrogens (primary N) is 1. The highest BCUT2D eigenvalue weighted by atomic mass is 35.5. The molecular weight excluding hydrogens is 684 g/mol. The lowest BCUT2D eigenvalue weighted by molar-refractivity contribution is -0.0302. The second kappa shape index (κ2) is 14.6. The van der Waals surface area contributed by atoms with E-state index in [-0.39, 0.29) is 17.1 Å². The van der Waals surface area contributed by atoms with Crippen LogP contribution in [0.5, 0.6) is 5.75 Å². The molecule has 0 fully saturated rings. The molecule has 5 rings (SSSR count). The molecule has 13 heteroatoms. The third-order valence-electron chi connectivity index (χ3n) is 9.91. The molecule has 3 aromatic heterocycles. The Morgan fingerprint density at radius 1 is 1.08 bits per heavy atom. The SMILES string of the molecule is Cc1noc(C)c1-c1nc(-c2cc(OC([C@@H](CCOC(N)=O)O[Si](C)(C)C(C)(C)C)C(C)(C)C)ccc2Cl)nc(N2Cc3cccnc3C2)c1C. The predicted octanol–water partition coefficient (Wildman–Crippen LogP) is 8.96. The first-order valence-corrected chi connectivity index (χ1v) is 20.6. The first-order valence-electron chi connectivity index (χ1n) is 17.3. The minimum absolute atomic E-state index is 0.0577. The van der Waals surface area contributed by atoms with Crippen LogP contribution in [0.15, 0.2) is 41.1 Å². The lowest BCUT2D eigenvalue weighted by atomic mass is 9.84. The fourth-order valence-electron chi connectivity index (χ4n) is 6.16. The minimum atomic E-state index is -2.28. The summed E-state index contributed by atoms with van der Waals surface area (Å²) in [6.45, 7) is 24.5. The Bertz CT molecular complexity index is 1860. The third-order valence-corrected chi connectivity index (χ3v) is 14.7. The molecule has 51 heavy (non-hydrogen) atoms. The van der Waals surface area contributed by atoms with Crippen LogP contribution in [0.3, 0.4) is 0 Å². The van der Waals surface area contributed by atoms with E-state index >= 15 is 0 Å². The summed E-state index contributed by atoms with van der Waals surface area (Å²) in [5.41, 5.74) is 10.9. The zero-order valence-corrected chi connectivity index (χ0v) is 33.4. The van der Waals surface area contributed by atoms with Crippen LogP contribution in [0.25, 0.3) is 22.6 Å². The molecule has 0 bridgehead atoms. The Balaban J connectivity index is 1.58. The number of halogens is 1. The second-order valence-corrected chi connectivity index (χ2v) is 21.1. The van der Waals surface area contributed by atoms with E-state index in [1.807, 2.05) is 45.2 Å². The third kappa shape index (κ3) is 8.39. The number of aromatic nitrogens is 4. The molecule has 0 saturated heterocycles. The average molecular weight is 735 g/mol. The summed E-state index contributed by atoms with van der Waals surface area (Å²) < 4.78 is 24.6. The van der Waals surface area contributed by atoms with Gasteiger partial charge in [-0.2, -0.15) is 0 Å². The number of nitrogens with zero attached hydrogens (tertiary/aromatic N) is 5. The molecule has 0 radical (unpaired) electrons. The molecule has 1 amide bonds. The average Bonchev–Trinajstić information content (AvgIpc) is 3.61. The number of anilines is 1. The van der Waals surface area contributed by atoms with Gasteiger partial charge in [-0.3, -0.25) is 4.98 Å². The molecule has 1 aliphatic heterocycles. The van der Waals surface area contributed by atoms with Gasteiger partial charge in [0.1, 0.15) is 23.4 Å². The summed E-state index contributed by atoms with van der Waals surface area (Å²) in [4.78, 5) is 28.6. The van der Waals surface area contributed by atoms with Gasteiger partial charge in [0.05, 0.1) is 46.9 Å². The molecule has 1 aliphatic rings. The van der Waals surface area contributed by atoms with Crippen LogP contribution < -0.4 is 15.4 Å². The Hall–Kier alpha value is -4.00. The summed E-state index contributed by atoms with van der Waals surface area (Å²) in [6.07, 6.45) is 0.580. The van der Waals surface area contributed by atoms with E-state index in [1.165, 1.54) is 0 Å². The Morgan fingerprint density at radius 3 is 2.41 bits per heavy atom. The van der Waals surface area contributed by atoms with Crippen molar-refractivity contribution in [3.05, 3.63) is 69.8 Å². The first-order chi connectivity index (χ1) is 23.8. The molecular formula is C38H51ClN6O5Si. The summed E-state index contributed by atoms with van der Waals surface area (Å²) in [5.74, 6) is 2.47. The number of primary amides is 1. The van der Waals surface area contributed by atoms with E-state index in [4.69, 9.17) is 45.7 Å². The zero-order chi connectivity index (χ0) is 37.5. The van der Waals surface area contributed by atoms with Crippen molar-refractivity contribution in [1.29, 1.82) is 0 Å². The number of carbonyl (C=O) groups excluding carboxylic acids is 1. The number of hydrogen-bond acceptors (Lipinski definition) is 10. The predicted molar refractivity (Wildman–Crippen MR) is 202 cm³/mol. The van der Waals surface area contributed by atoms with Crippen LogP contribution in [0.2, 0.25) is 23.2 Å². The van der Waals surface area contributed by atoms with Gasteiger partial charge in [-0.15, -0.1) is 0 Å². The maximum absolute atomic E-state index is 11.5. The van der Waals surface area contributed by atoms with Crippen molar-refractivity contribution in [1.82, 2.24) is 20.1 Å². The lowest BCUT2D eigenvalue weighted by Gasteiger charge is -2.44. The molecule has 2 N–H and O–H groups in total. The molecule has 274 valence electrons. The highest BCUT2D eigenvalue weighted by Gasteiger charge is 2.44.